The first-order valence-electron chi connectivity index (χ1n) is 31.3. The maximum Gasteiger partial charge on any atom is 0.356 e. The van der Waals surface area contributed by atoms with Crippen LogP contribution in [0.2, 0.25) is 0 Å². The first-order valence-corrected chi connectivity index (χ1v) is 34.8. The summed E-state index contributed by atoms with van der Waals surface area (Å²) in [7, 11) is 0. The SMILES string of the molecule is C=CCOC(=O)C(N1C(=O)[C@H]([C@@H](C)O)[C@H]1CC(=O)c1cccc(N)c1)=P(c1ccccc1)(c1ccccc1)c1ccccc1.C=CCOC(=O)C(N1C(=O)[C@H]([C@@H](C)O)[C@H]1CC(=O)c1cccc(NC(=O)c2cccnc2)c1)=P(c1ccccc1)(c1ccccc1)c1ccccc1. The highest BCUT2D eigenvalue weighted by molar-refractivity contribution is 7.97. The third-order valence-corrected chi connectivity index (χ3v) is 25.4. The van der Waals surface area contributed by atoms with Gasteiger partial charge in [-0.15, -0.1) is 0 Å². The highest BCUT2D eigenvalue weighted by atomic mass is 31.2. The Morgan fingerprint density at radius 3 is 1.17 bits per heavy atom. The number of esters is 2. The summed E-state index contributed by atoms with van der Waals surface area (Å²) in [5, 5.41) is 29.4. The zero-order valence-electron chi connectivity index (χ0n) is 53.0. The summed E-state index contributed by atoms with van der Waals surface area (Å²) in [5.41, 5.74) is 8.08. The maximum atomic E-state index is 14.6. The number of carbonyl (C=O) groups excluding carboxylic acids is 7. The van der Waals surface area contributed by atoms with E-state index in [0.29, 0.717) is 28.1 Å². The number of rotatable bonds is 24. The average molecular weight is 1320 g/mol. The van der Waals surface area contributed by atoms with E-state index in [1.165, 1.54) is 42.0 Å². The molecule has 0 spiro atoms. The molecule has 2 aliphatic heterocycles. The van der Waals surface area contributed by atoms with Crippen molar-refractivity contribution in [1.29, 1.82) is 0 Å². The number of ether oxygens (including phenoxy) is 2. The fourth-order valence-electron chi connectivity index (χ4n) is 12.7. The van der Waals surface area contributed by atoms with Crippen LogP contribution in [-0.4, -0.2) is 115 Å². The minimum atomic E-state index is -3.21. The van der Waals surface area contributed by atoms with Crippen molar-refractivity contribution in [1.82, 2.24) is 14.8 Å². The summed E-state index contributed by atoms with van der Waals surface area (Å²) in [4.78, 5) is 105. The Labute approximate surface area is 558 Å². The zero-order valence-corrected chi connectivity index (χ0v) is 54.8. The molecule has 5 N–H and O–H groups in total. The minimum Gasteiger partial charge on any atom is -0.457 e. The molecule has 0 saturated carbocycles. The van der Waals surface area contributed by atoms with Gasteiger partial charge in [0.1, 0.15) is 24.0 Å². The molecule has 8 aromatic carbocycles. The third-order valence-electron chi connectivity index (χ3n) is 16.9. The van der Waals surface area contributed by atoms with E-state index in [1.54, 1.807) is 66.9 Å². The molecule has 6 atom stereocenters. The van der Waals surface area contributed by atoms with E-state index >= 15 is 0 Å². The molecule has 96 heavy (non-hydrogen) atoms. The summed E-state index contributed by atoms with van der Waals surface area (Å²) in [6.07, 6.45) is 3.44. The number of β-lactam (4-membered cyclic amide) rings is 2. The van der Waals surface area contributed by atoms with Crippen molar-refractivity contribution in [2.24, 2.45) is 11.8 Å². The smallest absolute Gasteiger partial charge is 0.356 e. The first kappa shape index (κ1) is 68.3. The molecule has 9 aromatic rings. The lowest BCUT2D eigenvalue weighted by Gasteiger charge is -2.50. The number of likely N-dealkylation sites (tertiary alicyclic amines) is 2. The number of ketones is 2. The predicted octanol–water partition coefficient (Wildman–Crippen LogP) is 8.87. The van der Waals surface area contributed by atoms with E-state index < -0.39 is 73.7 Å². The summed E-state index contributed by atoms with van der Waals surface area (Å²) in [6, 6.07) is 72.2. The van der Waals surface area contributed by atoms with E-state index in [1.807, 2.05) is 182 Å². The number of aliphatic hydroxyl groups is 2. The van der Waals surface area contributed by atoms with Crippen LogP contribution < -0.4 is 42.9 Å². The number of anilines is 2. The van der Waals surface area contributed by atoms with Gasteiger partial charge in [-0.3, -0.25) is 29.0 Å². The number of nitrogens with one attached hydrogen (secondary N) is 1. The highest BCUT2D eigenvalue weighted by Gasteiger charge is 2.57. The lowest BCUT2D eigenvalue weighted by atomic mass is 9.79. The standard InChI is InChI=1S/C42H38N3O6P.C36H35N2O5P/c1-3-25-51-42(50)41(52(33-18-7-4-8-19-33,34-20-9-5-10-21-34)35-22-11-6-12-23-35)45-36(38(29(2)46)40(45)49)27-37(47)30-15-13-17-32(26-30)44-39(48)31-16-14-24-43-28-31;1-3-22-43-36(42)35(38-31(33(25(2)39)34(38)41)24-32(40)26-14-13-15-27(37)23-26)44(28-16-7-4-8-17-28,29-18-9-5-10-19-29)30-20-11-6-12-21-30/h3-24,26,28-29,36,38,46H,1,25,27H2,2H3,(H,44,48);3-21,23,25,31,33,39H,1,22,24,37H2,2H3/t29-,36-,38-;25-,31-,33-/m11/s1. The number of aliphatic hydroxyl groups excluding tert-OH is 2. The quantitative estimate of drug-likeness (QED) is 0.0111. The largest absolute Gasteiger partial charge is 0.457 e. The van der Waals surface area contributed by atoms with Gasteiger partial charge in [0.2, 0.25) is 11.8 Å². The van der Waals surface area contributed by atoms with Crippen molar-refractivity contribution >= 4 is 109 Å². The normalized spacial score (nSPS) is 16.3. The van der Waals surface area contributed by atoms with Gasteiger partial charge in [0.25, 0.3) is 5.91 Å². The van der Waals surface area contributed by atoms with Crippen molar-refractivity contribution in [2.75, 3.05) is 24.3 Å². The second-order valence-corrected chi connectivity index (χ2v) is 29.6. The molecule has 486 valence electrons. The second kappa shape index (κ2) is 31.1. The Bertz CT molecular complexity index is 4220. The van der Waals surface area contributed by atoms with Crippen LogP contribution in [0.1, 0.15) is 57.8 Å². The van der Waals surface area contributed by atoms with Crippen LogP contribution in [-0.2, 0) is 28.7 Å². The number of carbonyl (C=O) groups is 7. The summed E-state index contributed by atoms with van der Waals surface area (Å²) < 4.78 is 11.6. The summed E-state index contributed by atoms with van der Waals surface area (Å²) >= 11 is 0. The van der Waals surface area contributed by atoms with E-state index in [4.69, 9.17) is 15.2 Å². The van der Waals surface area contributed by atoms with Gasteiger partial charge >= 0.3 is 11.9 Å². The van der Waals surface area contributed by atoms with Crippen LogP contribution in [0.15, 0.2) is 280 Å². The van der Waals surface area contributed by atoms with Crippen molar-refractivity contribution in [3.8, 4) is 0 Å². The summed E-state index contributed by atoms with van der Waals surface area (Å²) in [6.45, 7) is 3.94. The monoisotopic (exact) mass is 1320 g/mol. The van der Waals surface area contributed by atoms with Gasteiger partial charge in [0, 0.05) is 61.5 Å². The van der Waals surface area contributed by atoms with E-state index in [2.05, 4.69) is 23.5 Å². The molecular weight excluding hydrogens is 1240 g/mol. The van der Waals surface area contributed by atoms with Crippen LogP contribution >= 0.6 is 13.8 Å². The number of amides is 3. The second-order valence-electron chi connectivity index (χ2n) is 23.0. The van der Waals surface area contributed by atoms with Crippen LogP contribution in [0.4, 0.5) is 11.4 Å². The summed E-state index contributed by atoms with van der Waals surface area (Å²) in [5.74, 6) is -5.18. The van der Waals surface area contributed by atoms with Crippen LogP contribution in [0.5, 0.6) is 0 Å². The molecule has 0 radical (unpaired) electrons. The number of pyridine rings is 1. The number of hydrogen-bond acceptors (Lipinski definition) is 13. The molecule has 2 fully saturated rings. The molecule has 2 aliphatic rings. The number of nitrogen functional groups attached to an aromatic ring is 1. The zero-order chi connectivity index (χ0) is 67.9. The fraction of sp³-hybridized carbons (Fsp3) is 0.154. The Morgan fingerprint density at radius 2 is 0.844 bits per heavy atom. The Morgan fingerprint density at radius 1 is 0.500 bits per heavy atom. The van der Waals surface area contributed by atoms with Crippen molar-refractivity contribution in [2.45, 2.75) is 51.0 Å². The Hall–Kier alpha value is -10.6. The third kappa shape index (κ3) is 14.0. The topological polar surface area (TPSA) is 236 Å². The molecule has 0 aliphatic carbocycles. The Kier molecular flexibility index (Phi) is 22.1. The lowest BCUT2D eigenvalue weighted by molar-refractivity contribution is -0.157. The van der Waals surface area contributed by atoms with Gasteiger partial charge in [-0.2, -0.15) is 0 Å². The number of nitrogens with two attached hydrogens (primary N) is 1. The van der Waals surface area contributed by atoms with Gasteiger partial charge in [-0.25, -0.2) is 9.59 Å². The number of Topliss-reactive ketones (excluding diaryl/α,β-unsaturated/α-hetero) is 2. The fourth-order valence-corrected chi connectivity index (χ4v) is 21.5. The number of nitrogens with zero attached hydrogens (tertiary/aromatic N) is 3. The van der Waals surface area contributed by atoms with E-state index in [0.717, 1.165) is 31.8 Å². The number of benzene rings is 8. The highest BCUT2D eigenvalue weighted by Crippen LogP contribution is 2.52. The van der Waals surface area contributed by atoms with E-state index in [9.17, 15) is 43.8 Å². The molecule has 0 bridgehead atoms. The van der Waals surface area contributed by atoms with Gasteiger partial charge < -0.3 is 40.5 Å². The van der Waals surface area contributed by atoms with Crippen LogP contribution in [0.25, 0.3) is 0 Å². The van der Waals surface area contributed by atoms with Gasteiger partial charge in [0.05, 0.1) is 41.7 Å². The predicted molar refractivity (Wildman–Crippen MR) is 382 cm³/mol. The molecule has 1 aromatic heterocycles. The lowest BCUT2D eigenvalue weighted by Crippen LogP contribution is -2.68. The molecule has 3 amide bonds. The molecular formula is C78H73N5O11P2. The number of hydrogen-bond donors (Lipinski definition) is 4. The first-order chi connectivity index (χ1) is 46.6. The van der Waals surface area contributed by atoms with Gasteiger partial charge in [0.15, 0.2) is 11.6 Å². The minimum absolute atomic E-state index is 0.0740. The molecule has 3 heterocycles. The van der Waals surface area contributed by atoms with Crippen molar-refractivity contribution in [3.63, 3.8) is 0 Å². The molecule has 0 unspecified atom stereocenters. The van der Waals surface area contributed by atoms with E-state index in [-0.39, 0.29) is 54.4 Å². The molecule has 18 heteroatoms. The van der Waals surface area contributed by atoms with Crippen molar-refractivity contribution < 1.29 is 53.2 Å². The maximum absolute atomic E-state index is 14.6. The van der Waals surface area contributed by atoms with Gasteiger partial charge in [-0.1, -0.05) is 232 Å². The Balaban J connectivity index is 0.000000212. The van der Waals surface area contributed by atoms with Crippen molar-refractivity contribution in [3.05, 3.63) is 297 Å². The van der Waals surface area contributed by atoms with Crippen LogP contribution in [0.3, 0.4) is 0 Å². The molecule has 16 nitrogen and oxygen atoms in total. The van der Waals surface area contributed by atoms with Gasteiger partial charge in [-0.05, 0) is 82.1 Å². The number of aromatic nitrogens is 1. The molecule has 11 rings (SSSR count). The van der Waals surface area contributed by atoms with Crippen LogP contribution in [0, 0.1) is 11.8 Å². The molecule has 2 saturated heterocycles. The average Bonchev–Trinajstić information content (AvgIpc) is 0.711.